The number of nitrogen functional groups attached to an aromatic ring is 1. The first-order chi connectivity index (χ1) is 9.62. The first-order valence-electron chi connectivity index (χ1n) is 6.19. The summed E-state index contributed by atoms with van der Waals surface area (Å²) in [6, 6.07) is 7.86. The third-order valence-electron chi connectivity index (χ3n) is 2.59. The van der Waals surface area contributed by atoms with E-state index in [1.807, 2.05) is 18.2 Å². The van der Waals surface area contributed by atoms with Crippen molar-refractivity contribution in [1.82, 2.24) is 9.97 Å². The molecule has 0 aliphatic rings. The van der Waals surface area contributed by atoms with E-state index in [-0.39, 0.29) is 0 Å². The lowest BCUT2D eigenvalue weighted by molar-refractivity contribution is 0.837. The van der Waals surface area contributed by atoms with Gasteiger partial charge in [-0.15, -0.1) is 0 Å². The van der Waals surface area contributed by atoms with Crippen molar-refractivity contribution in [2.75, 3.05) is 10.7 Å². The van der Waals surface area contributed by atoms with Gasteiger partial charge in [0.25, 0.3) is 0 Å². The van der Waals surface area contributed by atoms with E-state index >= 15 is 0 Å². The molecule has 2 rings (SSSR count). The molecule has 0 spiro atoms. The van der Waals surface area contributed by atoms with E-state index in [1.54, 1.807) is 6.07 Å². The number of aromatic nitrogens is 2. The monoisotopic (exact) mass is 447 g/mol. The third-order valence-corrected chi connectivity index (χ3v) is 3.95. The fourth-order valence-corrected chi connectivity index (χ4v) is 2.54. The van der Waals surface area contributed by atoms with Crippen LogP contribution in [0.4, 0.5) is 17.3 Å². The van der Waals surface area contributed by atoms with Crippen molar-refractivity contribution in [2.45, 2.75) is 19.8 Å². The minimum absolute atomic E-state index is 0.604. The summed E-state index contributed by atoms with van der Waals surface area (Å²) in [7, 11) is 0. The highest BCUT2D eigenvalue weighted by atomic mass is 127. The van der Waals surface area contributed by atoms with E-state index in [9.17, 15) is 0 Å². The van der Waals surface area contributed by atoms with Crippen LogP contribution < -0.4 is 16.6 Å². The Morgan fingerprint density at radius 2 is 2.00 bits per heavy atom. The van der Waals surface area contributed by atoms with Gasteiger partial charge in [0.1, 0.15) is 17.5 Å². The zero-order chi connectivity index (χ0) is 14.5. The SMILES string of the molecule is CCCc1nc(NN)cc(Nc2cc(I)ccc2Br)n1. The van der Waals surface area contributed by atoms with Gasteiger partial charge in [0.05, 0.1) is 5.69 Å². The number of hydrogen-bond donors (Lipinski definition) is 3. The van der Waals surface area contributed by atoms with Gasteiger partial charge in [0.2, 0.25) is 0 Å². The highest BCUT2D eigenvalue weighted by Crippen LogP contribution is 2.27. The summed E-state index contributed by atoms with van der Waals surface area (Å²) in [5, 5.41) is 3.29. The smallest absolute Gasteiger partial charge is 0.145 e. The number of halogens is 2. The number of rotatable bonds is 5. The molecule has 20 heavy (non-hydrogen) atoms. The van der Waals surface area contributed by atoms with E-state index in [0.717, 1.165) is 38.2 Å². The van der Waals surface area contributed by atoms with E-state index in [1.165, 1.54) is 0 Å². The average Bonchev–Trinajstić information content (AvgIpc) is 2.43. The maximum atomic E-state index is 5.45. The molecule has 0 fully saturated rings. The predicted octanol–water partition coefficient (Wildman–Crippen LogP) is 3.83. The summed E-state index contributed by atoms with van der Waals surface area (Å²) in [6.45, 7) is 2.09. The summed E-state index contributed by atoms with van der Waals surface area (Å²) >= 11 is 5.80. The van der Waals surface area contributed by atoms with Crippen LogP contribution in [0.15, 0.2) is 28.7 Å². The standard InChI is InChI=1S/C13H15BrIN5/c1-2-3-11-18-12(7-13(19-11)20-16)17-10-6-8(15)4-5-9(10)14/h4-7H,2-3,16H2,1H3,(H2,17,18,19,20). The molecule has 0 amide bonds. The van der Waals surface area contributed by atoms with Gasteiger partial charge >= 0.3 is 0 Å². The van der Waals surface area contributed by atoms with Gasteiger partial charge in [-0.1, -0.05) is 6.92 Å². The van der Waals surface area contributed by atoms with Gasteiger partial charge in [0.15, 0.2) is 0 Å². The van der Waals surface area contributed by atoms with Crippen LogP contribution >= 0.6 is 38.5 Å². The van der Waals surface area contributed by atoms with Gasteiger partial charge in [0, 0.05) is 20.5 Å². The topological polar surface area (TPSA) is 75.9 Å². The van der Waals surface area contributed by atoms with Crippen LogP contribution in [0.3, 0.4) is 0 Å². The zero-order valence-corrected chi connectivity index (χ0v) is 14.7. The molecular weight excluding hydrogens is 433 g/mol. The molecule has 106 valence electrons. The lowest BCUT2D eigenvalue weighted by Gasteiger charge is -2.11. The van der Waals surface area contributed by atoms with Crippen LogP contribution in [0.2, 0.25) is 0 Å². The second-order valence-electron chi connectivity index (χ2n) is 4.20. The van der Waals surface area contributed by atoms with Gasteiger partial charge in [-0.25, -0.2) is 15.8 Å². The van der Waals surface area contributed by atoms with Crippen molar-refractivity contribution in [3.8, 4) is 0 Å². The second kappa shape index (κ2) is 7.19. The Kier molecular flexibility index (Phi) is 5.55. The molecule has 1 heterocycles. The molecule has 1 aromatic heterocycles. The van der Waals surface area contributed by atoms with E-state index in [2.05, 4.69) is 66.2 Å². The van der Waals surface area contributed by atoms with Crippen molar-refractivity contribution in [2.24, 2.45) is 5.84 Å². The van der Waals surface area contributed by atoms with Gasteiger partial charge in [-0.3, -0.25) is 0 Å². The molecule has 5 nitrogen and oxygen atoms in total. The largest absolute Gasteiger partial charge is 0.339 e. The summed E-state index contributed by atoms with van der Waals surface area (Å²) in [4.78, 5) is 8.82. The first kappa shape index (κ1) is 15.5. The van der Waals surface area contributed by atoms with Crippen molar-refractivity contribution in [1.29, 1.82) is 0 Å². The minimum Gasteiger partial charge on any atom is -0.339 e. The zero-order valence-electron chi connectivity index (χ0n) is 11.0. The average molecular weight is 448 g/mol. The molecule has 7 heteroatoms. The molecule has 0 aliphatic heterocycles. The van der Waals surface area contributed by atoms with Gasteiger partial charge in [-0.2, -0.15) is 0 Å². The minimum atomic E-state index is 0.604. The normalized spacial score (nSPS) is 10.4. The molecule has 4 N–H and O–H groups in total. The summed E-state index contributed by atoms with van der Waals surface area (Å²) in [6.07, 6.45) is 1.80. The number of hydrazine groups is 1. The molecule has 0 bridgehead atoms. The van der Waals surface area contributed by atoms with E-state index < -0.39 is 0 Å². The molecular formula is C13H15BrIN5. The Hall–Kier alpha value is -0.930. The molecule has 2 aromatic rings. The third kappa shape index (κ3) is 4.03. The number of anilines is 3. The molecule has 1 aromatic carbocycles. The molecule has 0 atom stereocenters. The van der Waals surface area contributed by atoms with Crippen LogP contribution in [-0.2, 0) is 6.42 Å². The number of aryl methyl sites for hydroxylation is 1. The summed E-state index contributed by atoms with van der Waals surface area (Å²) < 4.78 is 2.13. The lowest BCUT2D eigenvalue weighted by atomic mass is 10.3. The van der Waals surface area contributed by atoms with Crippen molar-refractivity contribution < 1.29 is 0 Å². The number of nitrogens with two attached hydrogens (primary N) is 1. The highest BCUT2D eigenvalue weighted by Gasteiger charge is 2.06. The summed E-state index contributed by atoms with van der Waals surface area (Å²) in [5.41, 5.74) is 3.53. The number of nitrogens with zero attached hydrogens (tertiary/aromatic N) is 2. The van der Waals surface area contributed by atoms with E-state index in [4.69, 9.17) is 5.84 Å². The Balaban J connectivity index is 2.32. The van der Waals surface area contributed by atoms with Crippen LogP contribution in [0.1, 0.15) is 19.2 Å². The lowest BCUT2D eigenvalue weighted by Crippen LogP contribution is -2.11. The van der Waals surface area contributed by atoms with Crippen molar-refractivity contribution in [3.63, 3.8) is 0 Å². The van der Waals surface area contributed by atoms with Crippen molar-refractivity contribution in [3.05, 3.63) is 38.1 Å². The van der Waals surface area contributed by atoms with Gasteiger partial charge < -0.3 is 10.7 Å². The molecule has 0 radical (unpaired) electrons. The Bertz CT molecular complexity index is 605. The Morgan fingerprint density at radius 3 is 2.70 bits per heavy atom. The Morgan fingerprint density at radius 1 is 1.25 bits per heavy atom. The van der Waals surface area contributed by atoms with Crippen LogP contribution in [0, 0.1) is 3.57 Å². The molecule has 0 aliphatic carbocycles. The highest BCUT2D eigenvalue weighted by molar-refractivity contribution is 14.1. The molecule has 0 saturated heterocycles. The fraction of sp³-hybridized carbons (Fsp3) is 0.231. The maximum Gasteiger partial charge on any atom is 0.145 e. The number of hydrogen-bond acceptors (Lipinski definition) is 5. The van der Waals surface area contributed by atoms with Crippen LogP contribution in [0.25, 0.3) is 0 Å². The second-order valence-corrected chi connectivity index (χ2v) is 6.30. The Labute approximate surface area is 140 Å². The molecule has 0 unspecified atom stereocenters. The van der Waals surface area contributed by atoms with E-state index in [0.29, 0.717) is 5.82 Å². The molecule has 0 saturated carbocycles. The number of benzene rings is 1. The van der Waals surface area contributed by atoms with Crippen LogP contribution in [-0.4, -0.2) is 9.97 Å². The van der Waals surface area contributed by atoms with Crippen LogP contribution in [0.5, 0.6) is 0 Å². The maximum absolute atomic E-state index is 5.45. The quantitative estimate of drug-likeness (QED) is 0.369. The number of nitrogens with one attached hydrogen (secondary N) is 2. The van der Waals surface area contributed by atoms with Gasteiger partial charge in [-0.05, 0) is 63.1 Å². The fourth-order valence-electron chi connectivity index (χ4n) is 1.70. The summed E-state index contributed by atoms with van der Waals surface area (Å²) in [5.74, 6) is 7.55. The first-order valence-corrected chi connectivity index (χ1v) is 8.06. The predicted molar refractivity (Wildman–Crippen MR) is 94.0 cm³/mol. The van der Waals surface area contributed by atoms with Crippen molar-refractivity contribution >= 4 is 55.8 Å².